The normalized spacial score (nSPS) is 28.7. The van der Waals surface area contributed by atoms with E-state index in [9.17, 15) is 4.21 Å². The summed E-state index contributed by atoms with van der Waals surface area (Å²) in [6.07, 6.45) is 8.74. The highest BCUT2D eigenvalue weighted by molar-refractivity contribution is 7.86. The Morgan fingerprint density at radius 1 is 1.11 bits per heavy atom. The molecule has 0 heterocycles. The molecule has 0 saturated heterocycles. The summed E-state index contributed by atoms with van der Waals surface area (Å²) in [5.41, 5.74) is 0. The van der Waals surface area contributed by atoms with Crippen LogP contribution >= 0.6 is 0 Å². The van der Waals surface area contributed by atoms with Gasteiger partial charge in [-0.25, -0.2) is 0 Å². The quantitative estimate of drug-likeness (QED) is 0.803. The van der Waals surface area contributed by atoms with Gasteiger partial charge in [-0.3, -0.25) is 4.21 Å². The third-order valence-electron chi connectivity index (χ3n) is 4.46. The van der Waals surface area contributed by atoms with Crippen LogP contribution in [0.2, 0.25) is 0 Å². The highest BCUT2D eigenvalue weighted by Gasteiger charge is 2.31. The van der Waals surface area contributed by atoms with Crippen molar-refractivity contribution in [3.8, 4) is 0 Å². The summed E-state index contributed by atoms with van der Waals surface area (Å²) >= 11 is 0. The molecule has 19 heavy (non-hydrogen) atoms. The van der Waals surface area contributed by atoms with Crippen LogP contribution in [0.15, 0.2) is 0 Å². The first-order chi connectivity index (χ1) is 9.07. The fourth-order valence-electron chi connectivity index (χ4n) is 2.84. The molecule has 0 aromatic heterocycles. The lowest BCUT2D eigenvalue weighted by atomic mass is 9.96. The van der Waals surface area contributed by atoms with Crippen molar-refractivity contribution < 1.29 is 4.21 Å². The number of rotatable bonds is 6. The van der Waals surface area contributed by atoms with Crippen LogP contribution < -0.4 is 5.32 Å². The number of hydrogen-bond acceptors (Lipinski definition) is 2. The van der Waals surface area contributed by atoms with Crippen LogP contribution in [0, 0.1) is 5.92 Å². The molecule has 1 aliphatic carbocycles. The predicted molar refractivity (Wildman–Crippen MR) is 86.0 cm³/mol. The Balaban J connectivity index is 2.71. The molecule has 1 fully saturated rings. The first-order valence-corrected chi connectivity index (χ1v) is 9.48. The SMILES string of the molecule is CCCNC1CCCCCCC1S(=O)C(C)C(C)C. The Bertz CT molecular complexity index is 265. The molecule has 2 nitrogen and oxygen atoms in total. The molecule has 0 aromatic rings. The van der Waals surface area contributed by atoms with E-state index in [4.69, 9.17) is 0 Å². The van der Waals surface area contributed by atoms with Crippen LogP contribution in [0.25, 0.3) is 0 Å². The molecular formula is C16H33NOS. The molecule has 0 aromatic carbocycles. The van der Waals surface area contributed by atoms with Crippen molar-refractivity contribution >= 4 is 10.8 Å². The molecule has 0 spiro atoms. The van der Waals surface area contributed by atoms with Crippen LogP contribution in [-0.2, 0) is 10.8 Å². The Morgan fingerprint density at radius 2 is 1.74 bits per heavy atom. The first kappa shape index (κ1) is 17.2. The molecule has 114 valence electrons. The zero-order chi connectivity index (χ0) is 14.3. The van der Waals surface area contributed by atoms with Crippen molar-refractivity contribution in [1.82, 2.24) is 5.32 Å². The van der Waals surface area contributed by atoms with E-state index in [1.54, 1.807) is 0 Å². The third kappa shape index (κ3) is 5.55. The van der Waals surface area contributed by atoms with E-state index >= 15 is 0 Å². The summed E-state index contributed by atoms with van der Waals surface area (Å²) in [5, 5.41) is 4.35. The second-order valence-corrected chi connectivity index (χ2v) is 8.37. The topological polar surface area (TPSA) is 29.1 Å². The summed E-state index contributed by atoms with van der Waals surface area (Å²) in [4.78, 5) is 0. The Kier molecular flexibility index (Phi) is 8.24. The van der Waals surface area contributed by atoms with E-state index in [1.165, 1.54) is 32.1 Å². The van der Waals surface area contributed by atoms with Crippen molar-refractivity contribution in [2.75, 3.05) is 6.54 Å². The van der Waals surface area contributed by atoms with E-state index < -0.39 is 10.8 Å². The largest absolute Gasteiger partial charge is 0.313 e. The maximum Gasteiger partial charge on any atom is 0.0504 e. The predicted octanol–water partition coefficient (Wildman–Crippen LogP) is 3.87. The van der Waals surface area contributed by atoms with Crippen molar-refractivity contribution in [3.63, 3.8) is 0 Å². The minimum atomic E-state index is -0.696. The molecule has 0 bridgehead atoms. The van der Waals surface area contributed by atoms with Crippen molar-refractivity contribution in [2.45, 2.75) is 89.2 Å². The summed E-state index contributed by atoms with van der Waals surface area (Å²) in [7, 11) is -0.696. The monoisotopic (exact) mass is 287 g/mol. The number of hydrogen-bond donors (Lipinski definition) is 1. The van der Waals surface area contributed by atoms with Gasteiger partial charge in [0.1, 0.15) is 0 Å². The van der Waals surface area contributed by atoms with E-state index in [0.717, 1.165) is 19.4 Å². The van der Waals surface area contributed by atoms with Gasteiger partial charge in [0.15, 0.2) is 0 Å². The molecule has 0 radical (unpaired) electrons. The van der Waals surface area contributed by atoms with Crippen molar-refractivity contribution in [3.05, 3.63) is 0 Å². The van der Waals surface area contributed by atoms with Gasteiger partial charge < -0.3 is 5.32 Å². The molecule has 1 N–H and O–H groups in total. The number of nitrogens with one attached hydrogen (secondary N) is 1. The van der Waals surface area contributed by atoms with Crippen LogP contribution in [-0.4, -0.2) is 27.3 Å². The van der Waals surface area contributed by atoms with Crippen LogP contribution in [0.3, 0.4) is 0 Å². The van der Waals surface area contributed by atoms with E-state index in [0.29, 0.717) is 22.5 Å². The maximum atomic E-state index is 12.8. The highest BCUT2D eigenvalue weighted by Crippen LogP contribution is 2.25. The minimum Gasteiger partial charge on any atom is -0.313 e. The molecule has 4 unspecified atom stereocenters. The van der Waals surface area contributed by atoms with Crippen LogP contribution in [0.5, 0.6) is 0 Å². The smallest absolute Gasteiger partial charge is 0.0504 e. The minimum absolute atomic E-state index is 0.315. The van der Waals surface area contributed by atoms with Gasteiger partial charge in [-0.2, -0.15) is 0 Å². The van der Waals surface area contributed by atoms with E-state index in [-0.39, 0.29) is 0 Å². The van der Waals surface area contributed by atoms with Gasteiger partial charge in [0.05, 0.1) is 5.25 Å². The molecule has 1 saturated carbocycles. The second-order valence-electron chi connectivity index (χ2n) is 6.37. The van der Waals surface area contributed by atoms with Crippen molar-refractivity contribution in [1.29, 1.82) is 0 Å². The fraction of sp³-hybridized carbons (Fsp3) is 1.00. The fourth-order valence-corrected chi connectivity index (χ4v) is 4.88. The van der Waals surface area contributed by atoms with E-state index in [1.807, 2.05) is 0 Å². The summed E-state index contributed by atoms with van der Waals surface area (Å²) in [6, 6.07) is 0.474. The highest BCUT2D eigenvalue weighted by atomic mass is 32.2. The standard InChI is InChI=1S/C16H33NOS/c1-5-12-17-15-10-8-6-7-9-11-16(15)19(18)14(4)13(2)3/h13-17H,5-12H2,1-4H3. The second kappa shape index (κ2) is 9.12. The summed E-state index contributed by atoms with van der Waals surface area (Å²) in [5.74, 6) is 0.512. The maximum absolute atomic E-state index is 12.8. The Hall–Kier alpha value is 0.110. The Labute approximate surface area is 122 Å². The molecular weight excluding hydrogens is 254 g/mol. The van der Waals surface area contributed by atoms with Crippen molar-refractivity contribution in [2.24, 2.45) is 5.92 Å². The molecule has 1 rings (SSSR count). The average Bonchev–Trinajstić information content (AvgIpc) is 2.36. The zero-order valence-corrected chi connectivity index (χ0v) is 14.1. The molecule has 0 aliphatic heterocycles. The molecule has 3 heteroatoms. The lowest BCUT2D eigenvalue weighted by Crippen LogP contribution is -2.45. The van der Waals surface area contributed by atoms with Crippen LogP contribution in [0.4, 0.5) is 0 Å². The summed E-state index contributed by atoms with van der Waals surface area (Å²) in [6.45, 7) is 9.82. The average molecular weight is 288 g/mol. The van der Waals surface area contributed by atoms with Crippen LogP contribution in [0.1, 0.15) is 72.6 Å². The van der Waals surface area contributed by atoms with Gasteiger partial charge >= 0.3 is 0 Å². The molecule has 1 aliphatic rings. The first-order valence-electron chi connectivity index (χ1n) is 8.20. The van der Waals surface area contributed by atoms with Gasteiger partial charge in [0.2, 0.25) is 0 Å². The van der Waals surface area contributed by atoms with Gasteiger partial charge in [-0.15, -0.1) is 0 Å². The molecule has 0 amide bonds. The van der Waals surface area contributed by atoms with Gasteiger partial charge in [-0.1, -0.05) is 53.4 Å². The lowest BCUT2D eigenvalue weighted by molar-refractivity contribution is 0.392. The van der Waals surface area contributed by atoms with Gasteiger partial charge in [0.25, 0.3) is 0 Å². The molecule has 4 atom stereocenters. The van der Waals surface area contributed by atoms with Gasteiger partial charge in [-0.05, 0) is 31.7 Å². The third-order valence-corrected chi connectivity index (χ3v) is 6.90. The van der Waals surface area contributed by atoms with Gasteiger partial charge in [0, 0.05) is 22.1 Å². The van der Waals surface area contributed by atoms with E-state index in [2.05, 4.69) is 33.0 Å². The summed E-state index contributed by atoms with van der Waals surface area (Å²) < 4.78 is 12.8. The Morgan fingerprint density at radius 3 is 2.32 bits per heavy atom. The zero-order valence-electron chi connectivity index (χ0n) is 13.3. The lowest BCUT2D eigenvalue weighted by Gasteiger charge is -2.32.